The average Bonchev–Trinajstić information content (AvgIpc) is 2.53. The number of methoxy groups -OCH3 is 1. The summed E-state index contributed by atoms with van der Waals surface area (Å²) in [5.74, 6) is -0.137. The summed E-state index contributed by atoms with van der Waals surface area (Å²) in [6.45, 7) is 0.0344. The molecular weight excluding hydrogens is 270 g/mol. The molecule has 106 valence electrons. The third kappa shape index (κ3) is 3.28. The van der Waals surface area contributed by atoms with Gasteiger partial charge in [0, 0.05) is 6.20 Å². The number of anilines is 1. The van der Waals surface area contributed by atoms with Crippen molar-refractivity contribution in [1.82, 2.24) is 4.98 Å². The van der Waals surface area contributed by atoms with Gasteiger partial charge in [-0.1, -0.05) is 6.07 Å². The van der Waals surface area contributed by atoms with Gasteiger partial charge in [-0.15, -0.1) is 0 Å². The van der Waals surface area contributed by atoms with Gasteiger partial charge < -0.3 is 15.2 Å². The number of rotatable bonds is 4. The lowest BCUT2D eigenvalue weighted by Crippen LogP contribution is -2.09. The lowest BCUT2D eigenvalue weighted by molar-refractivity contribution is 0.0473. The molecule has 0 saturated carbocycles. The Bertz CT molecular complexity index is 708. The van der Waals surface area contributed by atoms with E-state index < -0.39 is 5.97 Å². The number of carbonyl (C=O) groups excluding carboxylic acids is 1. The first kappa shape index (κ1) is 14.3. The maximum atomic E-state index is 12.0. The summed E-state index contributed by atoms with van der Waals surface area (Å²) in [4.78, 5) is 15.9. The zero-order chi connectivity index (χ0) is 15.2. The largest absolute Gasteiger partial charge is 0.495 e. The first-order valence-corrected chi connectivity index (χ1v) is 6.10. The van der Waals surface area contributed by atoms with Gasteiger partial charge in [0.1, 0.15) is 24.1 Å². The van der Waals surface area contributed by atoms with Crippen molar-refractivity contribution in [2.75, 3.05) is 12.8 Å². The molecule has 2 rings (SSSR count). The van der Waals surface area contributed by atoms with Gasteiger partial charge in [0.15, 0.2) is 0 Å². The number of nitriles is 1. The molecule has 0 amide bonds. The average molecular weight is 283 g/mol. The van der Waals surface area contributed by atoms with Gasteiger partial charge in [-0.05, 0) is 29.8 Å². The minimum atomic E-state index is -0.554. The van der Waals surface area contributed by atoms with Gasteiger partial charge in [-0.25, -0.2) is 9.78 Å². The molecule has 0 aliphatic heterocycles. The highest BCUT2D eigenvalue weighted by Crippen LogP contribution is 2.25. The van der Waals surface area contributed by atoms with Crippen LogP contribution in [0.1, 0.15) is 21.6 Å². The summed E-state index contributed by atoms with van der Waals surface area (Å²) in [5.41, 5.74) is 7.25. The molecule has 6 nitrogen and oxygen atoms in total. The maximum absolute atomic E-state index is 12.0. The molecule has 2 N–H and O–H groups in total. The van der Waals surface area contributed by atoms with Gasteiger partial charge in [0.05, 0.1) is 18.4 Å². The molecule has 0 bridgehead atoms. The first-order valence-electron chi connectivity index (χ1n) is 6.10. The van der Waals surface area contributed by atoms with Crippen molar-refractivity contribution in [3.05, 3.63) is 53.3 Å². The van der Waals surface area contributed by atoms with Crippen molar-refractivity contribution in [2.24, 2.45) is 0 Å². The fourth-order valence-corrected chi connectivity index (χ4v) is 1.75. The van der Waals surface area contributed by atoms with Crippen molar-refractivity contribution in [3.63, 3.8) is 0 Å². The van der Waals surface area contributed by atoms with E-state index >= 15 is 0 Å². The first-order chi connectivity index (χ1) is 10.2. The number of nitrogens with zero attached hydrogens (tertiary/aromatic N) is 2. The minimum Gasteiger partial charge on any atom is -0.495 e. The number of pyridine rings is 1. The molecule has 1 heterocycles. The minimum absolute atomic E-state index is 0.0344. The smallest absolute Gasteiger partial charge is 0.340 e. The zero-order valence-electron chi connectivity index (χ0n) is 11.4. The van der Waals surface area contributed by atoms with E-state index in [9.17, 15) is 4.79 Å². The fraction of sp³-hybridized carbons (Fsp3) is 0.133. The van der Waals surface area contributed by atoms with E-state index in [1.54, 1.807) is 30.3 Å². The van der Waals surface area contributed by atoms with E-state index in [4.69, 9.17) is 20.5 Å². The Hall–Kier alpha value is -3.07. The molecule has 0 saturated heterocycles. The number of esters is 1. The highest BCUT2D eigenvalue weighted by molar-refractivity contribution is 5.96. The Kier molecular flexibility index (Phi) is 4.36. The molecule has 0 radical (unpaired) electrons. The van der Waals surface area contributed by atoms with Crippen LogP contribution in [0.3, 0.4) is 0 Å². The molecule has 0 aliphatic carbocycles. The predicted octanol–water partition coefficient (Wildman–Crippen LogP) is 1.90. The van der Waals surface area contributed by atoms with E-state index in [0.717, 1.165) is 0 Å². The highest BCUT2D eigenvalue weighted by atomic mass is 16.5. The Morgan fingerprint density at radius 2 is 2.24 bits per heavy atom. The van der Waals surface area contributed by atoms with Crippen molar-refractivity contribution in [1.29, 1.82) is 5.26 Å². The SMILES string of the molecule is COc1cccc(C(=O)OCc2ccnc(C#N)c2)c1N. The normalized spacial score (nSPS) is 9.71. The Morgan fingerprint density at radius 3 is 2.95 bits per heavy atom. The lowest BCUT2D eigenvalue weighted by Gasteiger charge is -2.10. The Balaban J connectivity index is 2.10. The summed E-state index contributed by atoms with van der Waals surface area (Å²) in [5, 5.41) is 8.76. The van der Waals surface area contributed by atoms with Crippen LogP contribution in [0.5, 0.6) is 5.75 Å². The standard InChI is InChI=1S/C15H13N3O3/c1-20-13-4-2-3-12(14(13)17)15(19)21-9-10-5-6-18-11(7-10)8-16/h2-7H,9,17H2,1H3. The number of hydrogen-bond acceptors (Lipinski definition) is 6. The van der Waals surface area contributed by atoms with Crippen LogP contribution in [0.15, 0.2) is 36.5 Å². The molecule has 0 fully saturated rings. The summed E-state index contributed by atoms with van der Waals surface area (Å²) in [6.07, 6.45) is 1.49. The van der Waals surface area contributed by atoms with Crippen molar-refractivity contribution in [3.8, 4) is 11.8 Å². The van der Waals surface area contributed by atoms with Crippen LogP contribution in [-0.2, 0) is 11.3 Å². The van der Waals surface area contributed by atoms with E-state index in [-0.39, 0.29) is 23.6 Å². The van der Waals surface area contributed by atoms with Crippen molar-refractivity contribution in [2.45, 2.75) is 6.61 Å². The van der Waals surface area contributed by atoms with Crippen LogP contribution >= 0.6 is 0 Å². The van der Waals surface area contributed by atoms with Crippen LogP contribution < -0.4 is 10.5 Å². The van der Waals surface area contributed by atoms with Gasteiger partial charge in [0.25, 0.3) is 0 Å². The quantitative estimate of drug-likeness (QED) is 0.679. The summed E-state index contributed by atoms with van der Waals surface area (Å²) in [6, 6.07) is 10.0. The van der Waals surface area contributed by atoms with Crippen LogP contribution in [0, 0.1) is 11.3 Å². The lowest BCUT2D eigenvalue weighted by atomic mass is 10.1. The van der Waals surface area contributed by atoms with Crippen LogP contribution in [0.2, 0.25) is 0 Å². The number of benzene rings is 1. The van der Waals surface area contributed by atoms with Gasteiger partial charge in [-0.3, -0.25) is 0 Å². The summed E-state index contributed by atoms with van der Waals surface area (Å²) in [7, 11) is 1.47. The topological polar surface area (TPSA) is 98.2 Å². The molecule has 1 aromatic carbocycles. The molecule has 1 aromatic heterocycles. The fourth-order valence-electron chi connectivity index (χ4n) is 1.75. The second kappa shape index (κ2) is 6.39. The molecular formula is C15H13N3O3. The third-order valence-electron chi connectivity index (χ3n) is 2.81. The molecule has 2 aromatic rings. The third-order valence-corrected chi connectivity index (χ3v) is 2.81. The molecule has 0 atom stereocenters. The molecule has 0 spiro atoms. The number of nitrogen functional groups attached to an aromatic ring is 1. The number of ether oxygens (including phenoxy) is 2. The monoisotopic (exact) mass is 283 g/mol. The molecule has 21 heavy (non-hydrogen) atoms. The molecule has 6 heteroatoms. The van der Waals surface area contributed by atoms with E-state index in [1.165, 1.54) is 13.3 Å². The van der Waals surface area contributed by atoms with Crippen LogP contribution in [0.25, 0.3) is 0 Å². The summed E-state index contributed by atoms with van der Waals surface area (Å²) < 4.78 is 10.2. The second-order valence-electron chi connectivity index (χ2n) is 4.16. The van der Waals surface area contributed by atoms with Gasteiger partial charge in [-0.2, -0.15) is 5.26 Å². The highest BCUT2D eigenvalue weighted by Gasteiger charge is 2.14. The van der Waals surface area contributed by atoms with E-state index in [0.29, 0.717) is 11.3 Å². The molecule has 0 unspecified atom stereocenters. The second-order valence-corrected chi connectivity index (χ2v) is 4.16. The molecule has 0 aliphatic rings. The summed E-state index contributed by atoms with van der Waals surface area (Å²) >= 11 is 0. The number of aromatic nitrogens is 1. The van der Waals surface area contributed by atoms with Crippen molar-refractivity contribution < 1.29 is 14.3 Å². The number of hydrogen-bond donors (Lipinski definition) is 1. The number of para-hydroxylation sites is 1. The van der Waals surface area contributed by atoms with Gasteiger partial charge in [0.2, 0.25) is 0 Å². The number of nitrogens with two attached hydrogens (primary N) is 1. The van der Waals surface area contributed by atoms with Crippen LogP contribution in [0.4, 0.5) is 5.69 Å². The van der Waals surface area contributed by atoms with Crippen LogP contribution in [-0.4, -0.2) is 18.1 Å². The Labute approximate surface area is 121 Å². The number of carbonyl (C=O) groups is 1. The van der Waals surface area contributed by atoms with E-state index in [2.05, 4.69) is 4.98 Å². The van der Waals surface area contributed by atoms with Crippen molar-refractivity contribution >= 4 is 11.7 Å². The predicted molar refractivity (Wildman–Crippen MR) is 75.5 cm³/mol. The Morgan fingerprint density at radius 1 is 1.43 bits per heavy atom. The zero-order valence-corrected chi connectivity index (χ0v) is 11.4. The van der Waals surface area contributed by atoms with E-state index in [1.807, 2.05) is 6.07 Å². The van der Waals surface area contributed by atoms with Gasteiger partial charge >= 0.3 is 5.97 Å². The maximum Gasteiger partial charge on any atom is 0.340 e.